The highest BCUT2D eigenvalue weighted by molar-refractivity contribution is 7.80. The van der Waals surface area contributed by atoms with Gasteiger partial charge in [0.05, 0.1) is 17.1 Å². The Balaban J connectivity index is 1.67. The smallest absolute Gasteiger partial charge is 0.293 e. The molecule has 0 aliphatic heterocycles. The van der Waals surface area contributed by atoms with E-state index < -0.39 is 10.8 Å². The lowest BCUT2D eigenvalue weighted by atomic mass is 10.1. The third kappa shape index (κ3) is 4.89. The van der Waals surface area contributed by atoms with Crippen LogP contribution in [0.25, 0.3) is 11.3 Å². The number of anilines is 1. The van der Waals surface area contributed by atoms with Crippen LogP contribution in [0, 0.1) is 10.1 Å². The van der Waals surface area contributed by atoms with Gasteiger partial charge < -0.3 is 14.5 Å². The quantitative estimate of drug-likeness (QED) is 0.344. The maximum atomic E-state index is 12.3. The molecule has 0 fully saturated rings. The molecule has 0 aliphatic carbocycles. The van der Waals surface area contributed by atoms with Crippen LogP contribution < -0.4 is 15.4 Å². The molecule has 148 valence electrons. The minimum Gasteiger partial charge on any atom is -0.495 e. The second-order valence-electron chi connectivity index (χ2n) is 5.73. The fraction of sp³-hybridized carbons (Fsp3) is 0.0526. The number of nitrogens with one attached hydrogen (secondary N) is 2. The molecular formula is C19H14ClN3O5S. The molecule has 2 aromatic carbocycles. The summed E-state index contributed by atoms with van der Waals surface area (Å²) in [6.07, 6.45) is 0. The Morgan fingerprint density at radius 3 is 2.69 bits per heavy atom. The molecule has 10 heteroatoms. The largest absolute Gasteiger partial charge is 0.495 e. The molecule has 0 saturated carbocycles. The molecule has 0 unspecified atom stereocenters. The highest BCUT2D eigenvalue weighted by atomic mass is 35.5. The van der Waals surface area contributed by atoms with Gasteiger partial charge in [0.25, 0.3) is 11.6 Å². The number of carbonyl (C=O) groups is 1. The Hall–Kier alpha value is -3.43. The number of amides is 1. The van der Waals surface area contributed by atoms with E-state index in [1.807, 2.05) is 0 Å². The minimum atomic E-state index is -0.571. The number of ether oxygens (including phenoxy) is 1. The number of nitro groups is 1. The molecule has 0 aliphatic rings. The first-order valence-corrected chi connectivity index (χ1v) is 8.96. The average molecular weight is 432 g/mol. The fourth-order valence-corrected chi connectivity index (χ4v) is 2.93. The first-order valence-electron chi connectivity index (χ1n) is 8.18. The van der Waals surface area contributed by atoms with Gasteiger partial charge in [-0.3, -0.25) is 20.2 Å². The number of benzene rings is 2. The third-order valence-corrected chi connectivity index (χ3v) is 4.31. The predicted molar refractivity (Wildman–Crippen MR) is 112 cm³/mol. The first kappa shape index (κ1) is 20.3. The summed E-state index contributed by atoms with van der Waals surface area (Å²) in [5.74, 6) is 0.262. The summed E-state index contributed by atoms with van der Waals surface area (Å²) >= 11 is 11.2. The number of rotatable bonds is 5. The van der Waals surface area contributed by atoms with E-state index in [1.54, 1.807) is 30.3 Å². The van der Waals surface area contributed by atoms with Gasteiger partial charge in [0.1, 0.15) is 11.5 Å². The number of halogens is 1. The van der Waals surface area contributed by atoms with Crippen LogP contribution >= 0.6 is 23.8 Å². The van der Waals surface area contributed by atoms with Gasteiger partial charge in [0, 0.05) is 23.4 Å². The molecule has 1 heterocycles. The molecule has 0 saturated heterocycles. The van der Waals surface area contributed by atoms with Crippen molar-refractivity contribution in [3.8, 4) is 17.1 Å². The maximum absolute atomic E-state index is 12.3. The molecule has 3 aromatic rings. The molecule has 8 nitrogen and oxygen atoms in total. The number of nitro benzene ring substituents is 1. The van der Waals surface area contributed by atoms with Gasteiger partial charge in [0.2, 0.25) is 0 Å². The fourth-order valence-electron chi connectivity index (χ4n) is 2.46. The Bertz CT molecular complexity index is 1100. The monoisotopic (exact) mass is 431 g/mol. The van der Waals surface area contributed by atoms with Crippen molar-refractivity contribution in [2.24, 2.45) is 0 Å². The van der Waals surface area contributed by atoms with Crippen molar-refractivity contribution in [2.75, 3.05) is 12.4 Å². The number of methoxy groups -OCH3 is 1. The summed E-state index contributed by atoms with van der Waals surface area (Å²) in [6.45, 7) is 0. The molecule has 0 bridgehead atoms. The minimum absolute atomic E-state index is 0.00317. The molecule has 0 radical (unpaired) electrons. The summed E-state index contributed by atoms with van der Waals surface area (Å²) in [7, 11) is 1.50. The standard InChI is InChI=1S/C19H14ClN3O5S/c1-27-16-6-5-12(10-14(16)20)21-19(29)22-18(24)17-8-7-15(28-17)11-3-2-4-13(9-11)23(25)26/h2-10H,1H3,(H2,21,22,24,29). The third-order valence-electron chi connectivity index (χ3n) is 3.81. The van der Waals surface area contributed by atoms with Crippen LogP contribution in [0.2, 0.25) is 5.02 Å². The summed E-state index contributed by atoms with van der Waals surface area (Å²) < 4.78 is 10.6. The summed E-state index contributed by atoms with van der Waals surface area (Å²) in [5, 5.41) is 16.7. The summed E-state index contributed by atoms with van der Waals surface area (Å²) in [5.41, 5.74) is 0.970. The lowest BCUT2D eigenvalue weighted by Gasteiger charge is -2.10. The van der Waals surface area contributed by atoms with Gasteiger partial charge in [-0.1, -0.05) is 23.7 Å². The van der Waals surface area contributed by atoms with Crippen molar-refractivity contribution >= 4 is 46.2 Å². The van der Waals surface area contributed by atoms with Crippen LogP contribution in [-0.2, 0) is 0 Å². The summed E-state index contributed by atoms with van der Waals surface area (Å²) in [6, 6.07) is 13.9. The Kier molecular flexibility index (Phi) is 6.10. The molecule has 0 atom stereocenters. The highest BCUT2D eigenvalue weighted by Gasteiger charge is 2.15. The zero-order chi connectivity index (χ0) is 21.0. The number of hydrogen-bond acceptors (Lipinski definition) is 6. The van der Waals surface area contributed by atoms with Gasteiger partial charge in [0.15, 0.2) is 10.9 Å². The van der Waals surface area contributed by atoms with E-state index in [-0.39, 0.29) is 16.6 Å². The topological polar surface area (TPSA) is 107 Å². The first-order chi connectivity index (χ1) is 13.9. The van der Waals surface area contributed by atoms with Gasteiger partial charge in [-0.05, 0) is 42.5 Å². The molecule has 3 rings (SSSR count). The van der Waals surface area contributed by atoms with Crippen molar-refractivity contribution in [3.63, 3.8) is 0 Å². The zero-order valence-electron chi connectivity index (χ0n) is 15.0. The van der Waals surface area contributed by atoms with E-state index in [0.717, 1.165) is 0 Å². The summed E-state index contributed by atoms with van der Waals surface area (Å²) in [4.78, 5) is 22.7. The Labute approximate surface area is 175 Å². The maximum Gasteiger partial charge on any atom is 0.293 e. The lowest BCUT2D eigenvalue weighted by Crippen LogP contribution is -2.33. The van der Waals surface area contributed by atoms with Crippen molar-refractivity contribution in [1.82, 2.24) is 5.32 Å². The predicted octanol–water partition coefficient (Wildman–Crippen LogP) is 4.64. The number of carbonyl (C=O) groups excluding carboxylic acids is 1. The van der Waals surface area contributed by atoms with Crippen molar-refractivity contribution < 1.29 is 18.9 Å². The van der Waals surface area contributed by atoms with E-state index in [0.29, 0.717) is 27.8 Å². The number of nitrogens with zero attached hydrogens (tertiary/aromatic N) is 1. The van der Waals surface area contributed by atoms with Gasteiger partial charge in [-0.15, -0.1) is 0 Å². The van der Waals surface area contributed by atoms with E-state index in [4.69, 9.17) is 33.0 Å². The highest BCUT2D eigenvalue weighted by Crippen LogP contribution is 2.27. The van der Waals surface area contributed by atoms with E-state index in [2.05, 4.69) is 10.6 Å². The van der Waals surface area contributed by atoms with Gasteiger partial charge >= 0.3 is 0 Å². The molecule has 29 heavy (non-hydrogen) atoms. The molecule has 1 aromatic heterocycles. The SMILES string of the molecule is COc1ccc(NC(=S)NC(=O)c2ccc(-c3cccc([N+](=O)[O-])c3)o2)cc1Cl. The van der Waals surface area contributed by atoms with Crippen LogP contribution in [-0.4, -0.2) is 23.1 Å². The van der Waals surface area contributed by atoms with E-state index in [1.165, 1.54) is 31.4 Å². The zero-order valence-corrected chi connectivity index (χ0v) is 16.5. The number of furan rings is 1. The number of thiocarbonyl (C=S) groups is 1. The van der Waals surface area contributed by atoms with Crippen molar-refractivity contribution in [3.05, 3.63) is 75.5 Å². The van der Waals surface area contributed by atoms with Crippen molar-refractivity contribution in [1.29, 1.82) is 0 Å². The number of non-ortho nitro benzene ring substituents is 1. The van der Waals surface area contributed by atoms with Crippen LogP contribution in [0.3, 0.4) is 0 Å². The van der Waals surface area contributed by atoms with Crippen LogP contribution in [0.4, 0.5) is 11.4 Å². The van der Waals surface area contributed by atoms with Crippen LogP contribution in [0.5, 0.6) is 5.75 Å². The van der Waals surface area contributed by atoms with Crippen LogP contribution in [0.15, 0.2) is 59.0 Å². The molecule has 0 spiro atoms. The van der Waals surface area contributed by atoms with E-state index >= 15 is 0 Å². The molecular weight excluding hydrogens is 418 g/mol. The number of hydrogen-bond donors (Lipinski definition) is 2. The Morgan fingerprint density at radius 1 is 1.21 bits per heavy atom. The van der Waals surface area contributed by atoms with Gasteiger partial charge in [-0.25, -0.2) is 0 Å². The molecule has 2 N–H and O–H groups in total. The van der Waals surface area contributed by atoms with E-state index in [9.17, 15) is 14.9 Å². The molecule has 1 amide bonds. The lowest BCUT2D eigenvalue weighted by molar-refractivity contribution is -0.384. The normalized spacial score (nSPS) is 10.3. The Morgan fingerprint density at radius 2 is 2.00 bits per heavy atom. The van der Waals surface area contributed by atoms with Gasteiger partial charge in [-0.2, -0.15) is 0 Å². The average Bonchev–Trinajstić information content (AvgIpc) is 3.18. The van der Waals surface area contributed by atoms with Crippen molar-refractivity contribution in [2.45, 2.75) is 0 Å². The second kappa shape index (κ2) is 8.72. The second-order valence-corrected chi connectivity index (χ2v) is 6.54. The van der Waals surface area contributed by atoms with Crippen LogP contribution in [0.1, 0.15) is 10.6 Å².